The van der Waals surface area contributed by atoms with Crippen molar-refractivity contribution < 1.29 is 19.1 Å². The summed E-state index contributed by atoms with van der Waals surface area (Å²) < 4.78 is 5.29. The molecule has 0 spiro atoms. The number of hydrogen-bond donors (Lipinski definition) is 2. The quantitative estimate of drug-likeness (QED) is 0.489. The van der Waals surface area contributed by atoms with Crippen LogP contribution in [0.15, 0.2) is 54.6 Å². The van der Waals surface area contributed by atoms with Crippen LogP contribution in [0.2, 0.25) is 0 Å². The minimum atomic E-state index is -0.333. The number of hydrogen-bond acceptors (Lipinski definition) is 5. The number of anilines is 1. The maximum Gasteiger partial charge on any atom is 0.254 e. The Morgan fingerprint density at radius 2 is 1.91 bits per heavy atom. The van der Waals surface area contributed by atoms with Gasteiger partial charge in [0, 0.05) is 36.8 Å². The first-order chi connectivity index (χ1) is 16.0. The SMILES string of the molecule is COc1ccc2cc(CNc3ccc4c(c3)CN(C(C)CCC(=O)NC=O)C4=O)ccc2c1. The number of fused-ring (bicyclic) bond motifs is 2. The molecule has 2 N–H and O–H groups in total. The highest BCUT2D eigenvalue weighted by atomic mass is 16.5. The third-order valence-corrected chi connectivity index (χ3v) is 6.09. The largest absolute Gasteiger partial charge is 0.497 e. The lowest BCUT2D eigenvalue weighted by molar-refractivity contribution is -0.125. The minimum absolute atomic E-state index is 0.0233. The van der Waals surface area contributed by atoms with Gasteiger partial charge < -0.3 is 15.0 Å². The van der Waals surface area contributed by atoms with E-state index < -0.39 is 0 Å². The van der Waals surface area contributed by atoms with Crippen molar-refractivity contribution in [2.24, 2.45) is 0 Å². The lowest BCUT2D eigenvalue weighted by Gasteiger charge is -2.23. The van der Waals surface area contributed by atoms with E-state index in [1.165, 1.54) is 0 Å². The van der Waals surface area contributed by atoms with E-state index in [-0.39, 0.29) is 24.3 Å². The average molecular weight is 446 g/mol. The van der Waals surface area contributed by atoms with E-state index in [9.17, 15) is 14.4 Å². The maximum absolute atomic E-state index is 12.8. The van der Waals surface area contributed by atoms with Crippen LogP contribution in [0.3, 0.4) is 0 Å². The van der Waals surface area contributed by atoms with Gasteiger partial charge in [-0.1, -0.05) is 18.2 Å². The molecule has 0 bridgehead atoms. The third kappa shape index (κ3) is 4.98. The van der Waals surface area contributed by atoms with Crippen molar-refractivity contribution >= 4 is 34.7 Å². The highest BCUT2D eigenvalue weighted by Gasteiger charge is 2.30. The van der Waals surface area contributed by atoms with Gasteiger partial charge in [-0.3, -0.25) is 19.7 Å². The molecule has 3 aromatic carbocycles. The normalized spacial score (nSPS) is 13.5. The molecule has 0 fully saturated rings. The van der Waals surface area contributed by atoms with Crippen LogP contribution in [0, 0.1) is 0 Å². The predicted octanol–water partition coefficient (Wildman–Crippen LogP) is 3.86. The van der Waals surface area contributed by atoms with Crippen LogP contribution in [-0.2, 0) is 22.7 Å². The van der Waals surface area contributed by atoms with Crippen LogP contribution in [-0.4, -0.2) is 36.3 Å². The second-order valence-electron chi connectivity index (χ2n) is 8.28. The maximum atomic E-state index is 12.8. The van der Waals surface area contributed by atoms with Crippen molar-refractivity contribution in [1.82, 2.24) is 10.2 Å². The van der Waals surface area contributed by atoms with Crippen LogP contribution in [0.5, 0.6) is 5.75 Å². The summed E-state index contributed by atoms with van der Waals surface area (Å²) in [6.45, 7) is 3.10. The van der Waals surface area contributed by atoms with Gasteiger partial charge in [0.1, 0.15) is 5.75 Å². The van der Waals surface area contributed by atoms with Gasteiger partial charge in [0.15, 0.2) is 0 Å². The molecule has 0 radical (unpaired) electrons. The Labute approximate surface area is 192 Å². The Bertz CT molecular complexity index is 1210. The molecule has 33 heavy (non-hydrogen) atoms. The Hall–Kier alpha value is -3.87. The Kier molecular flexibility index (Phi) is 6.58. The van der Waals surface area contributed by atoms with E-state index >= 15 is 0 Å². The number of ether oxygens (including phenoxy) is 1. The van der Waals surface area contributed by atoms with E-state index in [0.717, 1.165) is 33.3 Å². The molecular formula is C26H27N3O4. The van der Waals surface area contributed by atoms with Crippen molar-refractivity contribution in [3.63, 3.8) is 0 Å². The van der Waals surface area contributed by atoms with Crippen molar-refractivity contribution in [2.75, 3.05) is 12.4 Å². The van der Waals surface area contributed by atoms with Crippen LogP contribution in [0.25, 0.3) is 10.8 Å². The summed E-state index contributed by atoms with van der Waals surface area (Å²) in [6, 6.07) is 18.1. The highest BCUT2D eigenvalue weighted by molar-refractivity contribution is 5.99. The van der Waals surface area contributed by atoms with Gasteiger partial charge in [0.2, 0.25) is 12.3 Å². The Morgan fingerprint density at radius 1 is 1.12 bits per heavy atom. The zero-order valence-corrected chi connectivity index (χ0v) is 18.8. The van der Waals surface area contributed by atoms with Crippen LogP contribution in [0.1, 0.15) is 41.3 Å². The fourth-order valence-electron chi connectivity index (χ4n) is 4.16. The van der Waals surface area contributed by atoms with Crippen LogP contribution >= 0.6 is 0 Å². The van der Waals surface area contributed by atoms with Gasteiger partial charge in [-0.25, -0.2) is 0 Å². The lowest BCUT2D eigenvalue weighted by Crippen LogP contribution is -2.34. The van der Waals surface area contributed by atoms with Gasteiger partial charge >= 0.3 is 0 Å². The standard InChI is InChI=1S/C26H27N3O4/c1-17(3-10-25(31)28-16-30)29-15-21-12-22(7-9-24(21)26(29)32)27-14-18-4-5-20-13-23(33-2)8-6-19(20)11-18/h4-9,11-13,16-17,27H,3,10,14-15H2,1-2H3,(H,28,30,31). The summed E-state index contributed by atoms with van der Waals surface area (Å²) in [5.74, 6) is 0.485. The minimum Gasteiger partial charge on any atom is -0.497 e. The van der Waals surface area contributed by atoms with Crippen molar-refractivity contribution in [2.45, 2.75) is 38.9 Å². The molecule has 1 unspecified atom stereocenters. The number of nitrogens with one attached hydrogen (secondary N) is 2. The Morgan fingerprint density at radius 3 is 2.70 bits per heavy atom. The number of carbonyl (C=O) groups is 3. The number of nitrogens with zero attached hydrogens (tertiary/aromatic N) is 1. The fraction of sp³-hybridized carbons (Fsp3) is 0.269. The Balaban J connectivity index is 1.39. The van der Waals surface area contributed by atoms with Gasteiger partial charge in [0.25, 0.3) is 5.91 Å². The van der Waals surface area contributed by atoms with E-state index in [4.69, 9.17) is 4.74 Å². The molecule has 1 aliphatic rings. The first-order valence-electron chi connectivity index (χ1n) is 11.0. The first kappa shape index (κ1) is 22.3. The summed E-state index contributed by atoms with van der Waals surface area (Å²) in [4.78, 5) is 36.5. The molecule has 1 atom stereocenters. The average Bonchev–Trinajstić information content (AvgIpc) is 3.16. The molecule has 1 aliphatic heterocycles. The lowest BCUT2D eigenvalue weighted by atomic mass is 10.1. The van der Waals surface area contributed by atoms with Gasteiger partial charge in [-0.2, -0.15) is 0 Å². The summed E-state index contributed by atoms with van der Waals surface area (Å²) in [6.07, 6.45) is 1.08. The van der Waals surface area contributed by atoms with E-state index in [2.05, 4.69) is 34.9 Å². The predicted molar refractivity (Wildman–Crippen MR) is 127 cm³/mol. The summed E-state index contributed by atoms with van der Waals surface area (Å²) in [5, 5.41) is 7.87. The molecule has 4 rings (SSSR count). The number of carbonyl (C=O) groups excluding carboxylic acids is 3. The number of amides is 3. The van der Waals surface area contributed by atoms with Gasteiger partial charge in [-0.05, 0) is 71.6 Å². The molecule has 3 amide bonds. The second-order valence-corrected chi connectivity index (χ2v) is 8.28. The van der Waals surface area contributed by atoms with E-state index in [0.29, 0.717) is 31.5 Å². The molecule has 170 valence electrons. The summed E-state index contributed by atoms with van der Waals surface area (Å²) in [5.41, 5.74) is 3.79. The third-order valence-electron chi connectivity index (χ3n) is 6.09. The monoisotopic (exact) mass is 445 g/mol. The molecule has 3 aromatic rings. The highest BCUT2D eigenvalue weighted by Crippen LogP contribution is 2.29. The number of rotatable bonds is 9. The van der Waals surface area contributed by atoms with Gasteiger partial charge in [0.05, 0.1) is 7.11 Å². The summed E-state index contributed by atoms with van der Waals surface area (Å²) >= 11 is 0. The molecule has 0 saturated carbocycles. The van der Waals surface area contributed by atoms with Crippen LogP contribution in [0.4, 0.5) is 5.69 Å². The van der Waals surface area contributed by atoms with E-state index in [1.54, 1.807) is 12.0 Å². The van der Waals surface area contributed by atoms with Gasteiger partial charge in [-0.15, -0.1) is 0 Å². The zero-order valence-electron chi connectivity index (χ0n) is 18.8. The second kappa shape index (κ2) is 9.73. The first-order valence-corrected chi connectivity index (χ1v) is 11.0. The number of imide groups is 1. The van der Waals surface area contributed by atoms with E-state index in [1.807, 2.05) is 37.3 Å². The molecule has 0 aromatic heterocycles. The molecular weight excluding hydrogens is 418 g/mol. The smallest absolute Gasteiger partial charge is 0.254 e. The molecule has 7 nitrogen and oxygen atoms in total. The fourth-order valence-corrected chi connectivity index (χ4v) is 4.16. The summed E-state index contributed by atoms with van der Waals surface area (Å²) in [7, 11) is 1.66. The molecule has 0 aliphatic carbocycles. The molecule has 1 heterocycles. The molecule has 7 heteroatoms. The number of methoxy groups -OCH3 is 1. The topological polar surface area (TPSA) is 87.7 Å². The van der Waals surface area contributed by atoms with Crippen molar-refractivity contribution in [3.8, 4) is 5.75 Å². The van der Waals surface area contributed by atoms with Crippen molar-refractivity contribution in [1.29, 1.82) is 0 Å². The zero-order chi connectivity index (χ0) is 23.4. The molecule has 0 saturated heterocycles. The number of benzene rings is 3. The van der Waals surface area contributed by atoms with Crippen LogP contribution < -0.4 is 15.4 Å². The van der Waals surface area contributed by atoms with Crippen molar-refractivity contribution in [3.05, 3.63) is 71.3 Å².